The van der Waals surface area contributed by atoms with Crippen LogP contribution in [0.2, 0.25) is 0 Å². The van der Waals surface area contributed by atoms with Crippen LogP contribution in [-0.2, 0) is 9.47 Å². The molecule has 0 aromatic rings. The van der Waals surface area contributed by atoms with Crippen molar-refractivity contribution in [2.45, 2.75) is 48.0 Å². The van der Waals surface area contributed by atoms with Crippen LogP contribution in [0.15, 0.2) is 0 Å². The van der Waals surface area contributed by atoms with E-state index in [0.717, 1.165) is 19.6 Å². The van der Waals surface area contributed by atoms with Crippen LogP contribution < -0.4 is 0 Å². The lowest BCUT2D eigenvalue weighted by Crippen LogP contribution is -1.84. The highest BCUT2D eigenvalue weighted by Gasteiger charge is 1.74. The summed E-state index contributed by atoms with van der Waals surface area (Å²) in [5.74, 6) is 0. The van der Waals surface area contributed by atoms with Gasteiger partial charge in [-0.1, -0.05) is 35.1 Å². The Hall–Kier alpha value is -0.0800. The summed E-state index contributed by atoms with van der Waals surface area (Å²) >= 11 is 0. The van der Waals surface area contributed by atoms with Gasteiger partial charge in [-0.25, -0.2) is 0 Å². The second-order valence-corrected chi connectivity index (χ2v) is 2.34. The van der Waals surface area contributed by atoms with E-state index < -0.39 is 0 Å². The van der Waals surface area contributed by atoms with Crippen molar-refractivity contribution in [1.82, 2.24) is 0 Å². The number of unbranched alkanes of at least 4 members (excludes halogenated alkanes) is 1. The molecule has 0 N–H and O–H groups in total. The van der Waals surface area contributed by atoms with Crippen LogP contribution in [0.1, 0.15) is 48.0 Å². The molecule has 0 aromatic carbocycles. The van der Waals surface area contributed by atoms with Gasteiger partial charge < -0.3 is 9.47 Å². The molecule has 0 fully saturated rings. The van der Waals surface area contributed by atoms with Gasteiger partial charge in [-0.15, -0.1) is 0 Å². The Morgan fingerprint density at radius 1 is 0.769 bits per heavy atom. The molecule has 0 radical (unpaired) electrons. The quantitative estimate of drug-likeness (QED) is 0.621. The van der Waals surface area contributed by atoms with E-state index in [1.807, 2.05) is 0 Å². The highest BCUT2D eigenvalue weighted by Crippen LogP contribution is 1.83. The van der Waals surface area contributed by atoms with Gasteiger partial charge in [0.05, 0.1) is 0 Å². The third-order valence-corrected chi connectivity index (χ3v) is 1.11. The average molecular weight is 194 g/mol. The van der Waals surface area contributed by atoms with Gasteiger partial charge in [0.2, 0.25) is 0 Å². The number of ether oxygens (including phenoxy) is 2. The highest BCUT2D eigenvalue weighted by atomic mass is 16.5. The molecular weight excluding hydrogens is 164 g/mol. The van der Waals surface area contributed by atoms with Crippen molar-refractivity contribution in [3.05, 3.63) is 0 Å². The smallest absolute Gasteiger partial charge is 0.0462 e. The molecule has 0 rings (SSSR count). The molecule has 0 atom stereocenters. The first-order valence-electron chi connectivity index (χ1n) is 4.31. The Kier molecular flexibility index (Phi) is 52.7. The summed E-state index contributed by atoms with van der Waals surface area (Å²) in [6.07, 6.45) is 3.54. The van der Waals surface area contributed by atoms with Crippen LogP contribution >= 0.6 is 0 Å². The Labute approximate surface area is 85.6 Å². The van der Waals surface area contributed by atoms with E-state index in [1.54, 1.807) is 14.2 Å². The molecule has 0 aliphatic heterocycles. The van der Waals surface area contributed by atoms with E-state index in [9.17, 15) is 0 Å². The summed E-state index contributed by atoms with van der Waals surface area (Å²) in [4.78, 5) is 0. The largest absolute Gasteiger partial charge is 0.385 e. The van der Waals surface area contributed by atoms with Crippen molar-refractivity contribution >= 4 is 0 Å². The Balaban J connectivity index is -0.0000000546. The van der Waals surface area contributed by atoms with E-state index in [-0.39, 0.29) is 14.9 Å². The molecule has 0 unspecified atom stereocenters. The van der Waals surface area contributed by atoms with Crippen LogP contribution in [-0.4, -0.2) is 27.4 Å². The van der Waals surface area contributed by atoms with Gasteiger partial charge in [0.15, 0.2) is 0 Å². The summed E-state index contributed by atoms with van der Waals surface area (Å²) in [7, 11) is 3.44. The molecule has 0 saturated heterocycles. The minimum atomic E-state index is 0. The maximum Gasteiger partial charge on any atom is 0.0462 e. The van der Waals surface area contributed by atoms with Gasteiger partial charge in [-0.3, -0.25) is 0 Å². The number of rotatable bonds is 5. The van der Waals surface area contributed by atoms with Gasteiger partial charge in [0.25, 0.3) is 0 Å². The Bertz CT molecular complexity index is 41.4. The van der Waals surface area contributed by atoms with E-state index >= 15 is 0 Å². The second-order valence-electron chi connectivity index (χ2n) is 2.34. The predicted octanol–water partition coefficient (Wildman–Crippen LogP) is 3.75. The third kappa shape index (κ3) is 48.5. The first-order chi connectivity index (χ1) is 5.33. The molecule has 13 heavy (non-hydrogen) atoms. The van der Waals surface area contributed by atoms with Crippen molar-refractivity contribution in [3.8, 4) is 0 Å². The number of methoxy groups -OCH3 is 2. The summed E-state index contributed by atoms with van der Waals surface area (Å²) in [5, 5.41) is 0. The average Bonchev–Trinajstić information content (AvgIpc) is 2.04. The first-order valence-corrected chi connectivity index (χ1v) is 4.31. The molecule has 0 spiro atoms. The van der Waals surface area contributed by atoms with Crippen LogP contribution in [0, 0.1) is 0 Å². The molecule has 0 amide bonds. The monoisotopic (exact) mass is 194 g/mol. The van der Waals surface area contributed by atoms with Crippen molar-refractivity contribution < 1.29 is 9.47 Å². The van der Waals surface area contributed by atoms with Gasteiger partial charge in [-0.2, -0.15) is 0 Å². The molecule has 0 heterocycles. The lowest BCUT2D eigenvalue weighted by atomic mass is 10.4. The van der Waals surface area contributed by atoms with Gasteiger partial charge in [0, 0.05) is 27.4 Å². The zero-order valence-electron chi connectivity index (χ0n) is 8.35. The fourth-order valence-electron chi connectivity index (χ4n) is 0.493. The summed E-state index contributed by atoms with van der Waals surface area (Å²) in [5.41, 5.74) is 0. The molecule has 0 aliphatic carbocycles. The standard InChI is InChI=1S/C5H12O.C4H10O.2CH4/c1-3-4-5-6-2;1-3-4-5-2;;/h3-5H2,1-2H3;3-4H2,1-2H3;2*1H4. The molecule has 86 valence electrons. The molecule has 0 saturated carbocycles. The first kappa shape index (κ1) is 23.1. The minimum Gasteiger partial charge on any atom is -0.385 e. The highest BCUT2D eigenvalue weighted by molar-refractivity contribution is 4.26. The lowest BCUT2D eigenvalue weighted by molar-refractivity contribution is 0.194. The second kappa shape index (κ2) is 29.7. The van der Waals surface area contributed by atoms with E-state index in [0.29, 0.717) is 0 Å². The number of hydrogen-bond donors (Lipinski definition) is 0. The van der Waals surface area contributed by atoms with E-state index in [1.165, 1.54) is 12.8 Å². The number of hydrogen-bond acceptors (Lipinski definition) is 2. The van der Waals surface area contributed by atoms with Crippen LogP contribution in [0.25, 0.3) is 0 Å². The molecule has 0 aliphatic rings. The normalized spacial score (nSPS) is 7.38. The minimum absolute atomic E-state index is 0. The van der Waals surface area contributed by atoms with E-state index in [2.05, 4.69) is 13.8 Å². The molecule has 2 heteroatoms. The lowest BCUT2D eigenvalue weighted by Gasteiger charge is -1.89. The van der Waals surface area contributed by atoms with E-state index in [4.69, 9.17) is 9.47 Å². The fraction of sp³-hybridized carbons (Fsp3) is 1.00. The van der Waals surface area contributed by atoms with Crippen LogP contribution in [0.4, 0.5) is 0 Å². The maximum absolute atomic E-state index is 4.78. The predicted molar refractivity (Wildman–Crippen MR) is 62.4 cm³/mol. The molecule has 0 aromatic heterocycles. The summed E-state index contributed by atoms with van der Waals surface area (Å²) in [6.45, 7) is 6.04. The van der Waals surface area contributed by atoms with Crippen LogP contribution in [0.5, 0.6) is 0 Å². The Morgan fingerprint density at radius 3 is 1.31 bits per heavy atom. The third-order valence-electron chi connectivity index (χ3n) is 1.11. The zero-order chi connectivity index (χ0) is 8.95. The SMILES string of the molecule is C.C.CCCCOC.CCCOC. The Morgan fingerprint density at radius 2 is 1.23 bits per heavy atom. The van der Waals surface area contributed by atoms with Gasteiger partial charge >= 0.3 is 0 Å². The van der Waals surface area contributed by atoms with Crippen molar-refractivity contribution in [2.75, 3.05) is 27.4 Å². The van der Waals surface area contributed by atoms with Crippen LogP contribution in [0.3, 0.4) is 0 Å². The summed E-state index contributed by atoms with van der Waals surface area (Å²) < 4.78 is 9.47. The van der Waals surface area contributed by atoms with Crippen molar-refractivity contribution in [2.24, 2.45) is 0 Å². The maximum atomic E-state index is 4.78. The molecule has 2 nitrogen and oxygen atoms in total. The van der Waals surface area contributed by atoms with Crippen molar-refractivity contribution in [1.29, 1.82) is 0 Å². The molecule has 0 bridgehead atoms. The topological polar surface area (TPSA) is 18.5 Å². The molecular formula is C11H30O2. The summed E-state index contributed by atoms with van der Waals surface area (Å²) in [6, 6.07) is 0. The van der Waals surface area contributed by atoms with Crippen molar-refractivity contribution in [3.63, 3.8) is 0 Å². The van der Waals surface area contributed by atoms with Gasteiger partial charge in [-0.05, 0) is 12.8 Å². The van der Waals surface area contributed by atoms with Gasteiger partial charge in [0.1, 0.15) is 0 Å². The fourth-order valence-corrected chi connectivity index (χ4v) is 0.493. The zero-order valence-corrected chi connectivity index (χ0v) is 8.35.